The molecule has 3 nitrogen and oxygen atoms in total. The summed E-state index contributed by atoms with van der Waals surface area (Å²) < 4.78 is 5.43. The maximum absolute atomic E-state index is 5.43. The minimum absolute atomic E-state index is 0.459. The Balaban J connectivity index is 1.61. The lowest BCUT2D eigenvalue weighted by Gasteiger charge is -2.22. The largest absolute Gasteiger partial charge is 0.385 e. The Morgan fingerprint density at radius 2 is 2.32 bits per heavy atom. The lowest BCUT2D eigenvalue weighted by molar-refractivity contribution is 0.107. The summed E-state index contributed by atoms with van der Waals surface area (Å²) in [7, 11) is 1.82. The molecule has 1 aliphatic carbocycles. The van der Waals surface area contributed by atoms with Crippen molar-refractivity contribution in [2.45, 2.75) is 50.8 Å². The minimum Gasteiger partial charge on any atom is -0.385 e. The fraction of sp³-hybridized carbons (Fsp3) is 0.625. The van der Waals surface area contributed by atoms with Gasteiger partial charge in [-0.25, -0.2) is 0 Å². The van der Waals surface area contributed by atoms with Crippen LogP contribution in [0.15, 0.2) is 18.2 Å². The first-order valence-corrected chi connectivity index (χ1v) is 7.47. The van der Waals surface area contributed by atoms with Gasteiger partial charge in [0.05, 0.1) is 6.10 Å². The number of rotatable bonds is 4. The predicted molar refractivity (Wildman–Crippen MR) is 78.5 cm³/mol. The van der Waals surface area contributed by atoms with Crippen LogP contribution in [-0.2, 0) is 17.7 Å². The van der Waals surface area contributed by atoms with Gasteiger partial charge in [-0.05, 0) is 43.2 Å². The van der Waals surface area contributed by atoms with Crippen LogP contribution in [0, 0.1) is 0 Å². The molecule has 1 aromatic carbocycles. The topological polar surface area (TPSA) is 33.3 Å². The first-order chi connectivity index (χ1) is 9.36. The minimum atomic E-state index is 0.459. The highest BCUT2D eigenvalue weighted by Crippen LogP contribution is 2.27. The summed E-state index contributed by atoms with van der Waals surface area (Å²) in [6, 6.07) is 7.30. The van der Waals surface area contributed by atoms with E-state index in [1.807, 2.05) is 7.11 Å². The number of hydrogen-bond acceptors (Lipinski definition) is 3. The third-order valence-electron chi connectivity index (χ3n) is 4.46. The summed E-state index contributed by atoms with van der Waals surface area (Å²) in [6.45, 7) is 2.08. The molecule has 0 aromatic heterocycles. The van der Waals surface area contributed by atoms with Gasteiger partial charge in [-0.1, -0.05) is 18.2 Å². The van der Waals surface area contributed by atoms with Crippen LogP contribution in [0.3, 0.4) is 0 Å². The molecule has 1 aromatic rings. The average molecular weight is 260 g/mol. The van der Waals surface area contributed by atoms with E-state index >= 15 is 0 Å². The van der Waals surface area contributed by atoms with Gasteiger partial charge in [0.25, 0.3) is 0 Å². The van der Waals surface area contributed by atoms with Crippen LogP contribution < -0.4 is 10.6 Å². The number of aryl methyl sites for hydroxylation is 1. The highest BCUT2D eigenvalue weighted by molar-refractivity contribution is 5.59. The molecule has 19 heavy (non-hydrogen) atoms. The Labute approximate surface area is 115 Å². The van der Waals surface area contributed by atoms with E-state index < -0.39 is 0 Å². The van der Waals surface area contributed by atoms with Gasteiger partial charge >= 0.3 is 0 Å². The zero-order valence-corrected chi connectivity index (χ0v) is 11.7. The quantitative estimate of drug-likeness (QED) is 0.873. The van der Waals surface area contributed by atoms with Crippen molar-refractivity contribution in [2.24, 2.45) is 0 Å². The van der Waals surface area contributed by atoms with Crippen LogP contribution in [0.5, 0.6) is 0 Å². The van der Waals surface area contributed by atoms with Crippen LogP contribution in [0.1, 0.15) is 36.8 Å². The van der Waals surface area contributed by atoms with Crippen LogP contribution in [0.2, 0.25) is 0 Å². The van der Waals surface area contributed by atoms with Crippen LogP contribution >= 0.6 is 0 Å². The number of anilines is 1. The summed E-state index contributed by atoms with van der Waals surface area (Å²) in [5.74, 6) is 0. The zero-order valence-electron chi connectivity index (χ0n) is 11.7. The van der Waals surface area contributed by atoms with Crippen molar-refractivity contribution >= 4 is 5.69 Å². The summed E-state index contributed by atoms with van der Waals surface area (Å²) >= 11 is 0. The van der Waals surface area contributed by atoms with Crippen molar-refractivity contribution in [3.8, 4) is 0 Å². The average Bonchev–Trinajstić information content (AvgIpc) is 2.93. The van der Waals surface area contributed by atoms with E-state index in [0.29, 0.717) is 12.1 Å². The number of methoxy groups -OCH3 is 1. The van der Waals surface area contributed by atoms with Crippen LogP contribution in [0.4, 0.5) is 5.69 Å². The van der Waals surface area contributed by atoms with Crippen molar-refractivity contribution in [3.05, 3.63) is 29.3 Å². The monoisotopic (exact) mass is 260 g/mol. The molecule has 0 amide bonds. The second-order valence-corrected chi connectivity index (χ2v) is 5.73. The molecule has 2 unspecified atom stereocenters. The van der Waals surface area contributed by atoms with Gasteiger partial charge in [-0.3, -0.25) is 0 Å². The van der Waals surface area contributed by atoms with Gasteiger partial charge in [0, 0.05) is 31.9 Å². The third kappa shape index (κ3) is 2.93. The first kappa shape index (κ1) is 12.9. The van der Waals surface area contributed by atoms with Crippen molar-refractivity contribution in [1.29, 1.82) is 0 Å². The van der Waals surface area contributed by atoms with Gasteiger partial charge in [0.2, 0.25) is 0 Å². The zero-order chi connectivity index (χ0) is 13.1. The Morgan fingerprint density at radius 1 is 1.37 bits per heavy atom. The molecule has 3 rings (SSSR count). The maximum Gasteiger partial charge on any atom is 0.0586 e. The van der Waals surface area contributed by atoms with Crippen LogP contribution in [0.25, 0.3) is 0 Å². The van der Waals surface area contributed by atoms with E-state index in [2.05, 4.69) is 28.8 Å². The Bertz CT molecular complexity index is 433. The molecule has 0 spiro atoms. The van der Waals surface area contributed by atoms with E-state index in [1.54, 1.807) is 0 Å². The molecule has 1 heterocycles. The van der Waals surface area contributed by atoms with Gasteiger partial charge in [0.15, 0.2) is 0 Å². The molecular weight excluding hydrogens is 236 g/mol. The van der Waals surface area contributed by atoms with Crippen molar-refractivity contribution in [1.82, 2.24) is 5.32 Å². The third-order valence-corrected chi connectivity index (χ3v) is 4.46. The fourth-order valence-electron chi connectivity index (χ4n) is 3.32. The lowest BCUT2D eigenvalue weighted by atomic mass is 9.99. The SMILES string of the molecule is COC1CCC(NCc2cccc3c2NCCC3)C1. The van der Waals surface area contributed by atoms with Crippen molar-refractivity contribution in [2.75, 3.05) is 19.0 Å². The molecule has 0 bridgehead atoms. The van der Waals surface area contributed by atoms with E-state index in [-0.39, 0.29) is 0 Å². The molecule has 1 saturated carbocycles. The van der Waals surface area contributed by atoms with Gasteiger partial charge < -0.3 is 15.4 Å². The molecular formula is C16H24N2O. The fourth-order valence-corrected chi connectivity index (χ4v) is 3.32. The number of fused-ring (bicyclic) bond motifs is 1. The number of para-hydroxylation sites is 1. The van der Waals surface area contributed by atoms with Gasteiger partial charge in [0.1, 0.15) is 0 Å². The summed E-state index contributed by atoms with van der Waals surface area (Å²) in [5, 5.41) is 7.25. The molecule has 1 fully saturated rings. The van der Waals surface area contributed by atoms with E-state index in [9.17, 15) is 0 Å². The van der Waals surface area contributed by atoms with E-state index in [0.717, 1.165) is 19.5 Å². The van der Waals surface area contributed by atoms with Gasteiger partial charge in [-0.2, -0.15) is 0 Å². The molecule has 0 radical (unpaired) electrons. The molecule has 0 saturated heterocycles. The molecule has 2 aliphatic rings. The number of ether oxygens (including phenoxy) is 1. The maximum atomic E-state index is 5.43. The lowest BCUT2D eigenvalue weighted by Crippen LogP contribution is -2.27. The highest BCUT2D eigenvalue weighted by Gasteiger charge is 2.24. The second-order valence-electron chi connectivity index (χ2n) is 5.73. The normalized spacial score (nSPS) is 25.9. The van der Waals surface area contributed by atoms with Crippen molar-refractivity contribution in [3.63, 3.8) is 0 Å². The van der Waals surface area contributed by atoms with E-state index in [1.165, 1.54) is 42.5 Å². The van der Waals surface area contributed by atoms with Crippen LogP contribution in [-0.4, -0.2) is 25.8 Å². The Morgan fingerprint density at radius 3 is 3.16 bits per heavy atom. The Hall–Kier alpha value is -1.06. The molecule has 1 aliphatic heterocycles. The number of nitrogens with one attached hydrogen (secondary N) is 2. The smallest absolute Gasteiger partial charge is 0.0586 e. The standard InChI is InChI=1S/C16H24N2O/c1-19-15-8-7-14(10-15)18-11-13-5-2-4-12-6-3-9-17-16(12)13/h2,4-5,14-15,17-18H,3,6-11H2,1H3. The van der Waals surface area contributed by atoms with Crippen molar-refractivity contribution < 1.29 is 4.74 Å². The number of benzene rings is 1. The molecule has 2 N–H and O–H groups in total. The Kier molecular flexibility index (Phi) is 4.04. The predicted octanol–water partition coefficient (Wildman–Crippen LogP) is 2.70. The summed E-state index contributed by atoms with van der Waals surface area (Å²) in [6.07, 6.45) is 6.51. The number of hydrogen-bond donors (Lipinski definition) is 2. The molecule has 3 heteroatoms. The van der Waals surface area contributed by atoms with Gasteiger partial charge in [-0.15, -0.1) is 0 Å². The summed E-state index contributed by atoms with van der Waals surface area (Å²) in [5.41, 5.74) is 4.27. The van der Waals surface area contributed by atoms with E-state index in [4.69, 9.17) is 4.74 Å². The molecule has 2 atom stereocenters. The first-order valence-electron chi connectivity index (χ1n) is 7.47. The second kappa shape index (κ2) is 5.93. The molecule has 104 valence electrons. The highest BCUT2D eigenvalue weighted by atomic mass is 16.5. The summed E-state index contributed by atoms with van der Waals surface area (Å²) in [4.78, 5) is 0.